The first-order valence-electron chi connectivity index (χ1n) is 5.41. The minimum absolute atomic E-state index is 0.0224. The van der Waals surface area contributed by atoms with Gasteiger partial charge in [0.25, 0.3) is 10.0 Å². The van der Waals surface area contributed by atoms with Crippen molar-refractivity contribution < 1.29 is 18.3 Å². The molecule has 0 amide bonds. The molecule has 106 valence electrons. The summed E-state index contributed by atoms with van der Waals surface area (Å²) in [6.45, 7) is 0. The van der Waals surface area contributed by atoms with E-state index in [9.17, 15) is 13.2 Å². The maximum Gasteiger partial charge on any atom is 0.336 e. The van der Waals surface area contributed by atoms with Crippen LogP contribution in [0.15, 0.2) is 44.8 Å². The molecule has 0 fully saturated rings. The number of carboxylic acids is 1. The molecular formula is C12H11NO4S3. The SMILES string of the molecule is CSc1ccccc1NS(=O)(=O)c1cc(C(=O)O)cs1. The van der Waals surface area contributed by atoms with Gasteiger partial charge in [0.15, 0.2) is 0 Å². The van der Waals surface area contributed by atoms with Crippen molar-refractivity contribution >= 4 is 44.8 Å². The third kappa shape index (κ3) is 3.14. The summed E-state index contributed by atoms with van der Waals surface area (Å²) in [5, 5.41) is 10.1. The quantitative estimate of drug-likeness (QED) is 0.824. The van der Waals surface area contributed by atoms with Gasteiger partial charge in [-0.2, -0.15) is 0 Å². The van der Waals surface area contributed by atoms with Crippen LogP contribution in [0.1, 0.15) is 10.4 Å². The standard InChI is InChI=1S/C12H11NO4S3/c1-18-10-5-3-2-4-9(10)13-20(16,17)11-6-8(7-19-11)12(14)15/h2-7,13H,1H3,(H,14,15). The van der Waals surface area contributed by atoms with Crippen LogP contribution < -0.4 is 4.72 Å². The Morgan fingerprint density at radius 2 is 2.05 bits per heavy atom. The minimum atomic E-state index is -3.77. The van der Waals surface area contributed by atoms with Gasteiger partial charge in [0.05, 0.1) is 11.3 Å². The fourth-order valence-electron chi connectivity index (χ4n) is 1.49. The summed E-state index contributed by atoms with van der Waals surface area (Å²) >= 11 is 2.30. The van der Waals surface area contributed by atoms with Gasteiger partial charge >= 0.3 is 5.97 Å². The molecule has 0 atom stereocenters. The third-order valence-electron chi connectivity index (χ3n) is 2.44. The highest BCUT2D eigenvalue weighted by molar-refractivity contribution is 7.99. The van der Waals surface area contributed by atoms with E-state index in [4.69, 9.17) is 5.11 Å². The van der Waals surface area contributed by atoms with Gasteiger partial charge in [-0.05, 0) is 24.5 Å². The molecule has 1 aromatic carbocycles. The molecule has 8 heteroatoms. The van der Waals surface area contributed by atoms with Gasteiger partial charge in [-0.15, -0.1) is 23.1 Å². The normalized spacial score (nSPS) is 11.2. The molecule has 2 N–H and O–H groups in total. The van der Waals surface area contributed by atoms with Crippen molar-refractivity contribution in [3.05, 3.63) is 41.3 Å². The van der Waals surface area contributed by atoms with Crippen LogP contribution in [0.4, 0.5) is 5.69 Å². The second-order valence-electron chi connectivity index (χ2n) is 3.77. The molecule has 0 saturated heterocycles. The Bertz CT molecular complexity index is 737. The molecule has 0 aliphatic rings. The highest BCUT2D eigenvalue weighted by atomic mass is 32.2. The predicted molar refractivity (Wildman–Crippen MR) is 80.3 cm³/mol. The summed E-state index contributed by atoms with van der Waals surface area (Å²) in [7, 11) is -3.77. The Labute approximate surface area is 124 Å². The summed E-state index contributed by atoms with van der Waals surface area (Å²) in [5.74, 6) is -1.15. The van der Waals surface area contributed by atoms with E-state index < -0.39 is 16.0 Å². The highest BCUT2D eigenvalue weighted by Crippen LogP contribution is 2.28. The highest BCUT2D eigenvalue weighted by Gasteiger charge is 2.19. The number of thioether (sulfide) groups is 1. The molecule has 1 heterocycles. The number of hydrogen-bond acceptors (Lipinski definition) is 5. The van der Waals surface area contributed by atoms with Gasteiger partial charge in [-0.1, -0.05) is 12.1 Å². The van der Waals surface area contributed by atoms with Crippen LogP contribution in [0.5, 0.6) is 0 Å². The number of aromatic carboxylic acids is 1. The molecule has 2 rings (SSSR count). The minimum Gasteiger partial charge on any atom is -0.478 e. The maximum atomic E-state index is 12.2. The Hall–Kier alpha value is -1.51. The molecule has 0 unspecified atom stereocenters. The van der Waals surface area contributed by atoms with Crippen molar-refractivity contribution in [3.8, 4) is 0 Å². The van der Waals surface area contributed by atoms with Crippen LogP contribution in [0.3, 0.4) is 0 Å². The van der Waals surface area contributed by atoms with Crippen molar-refractivity contribution in [2.45, 2.75) is 9.10 Å². The maximum absolute atomic E-state index is 12.2. The fraction of sp³-hybridized carbons (Fsp3) is 0.0833. The van der Waals surface area contributed by atoms with E-state index in [1.807, 2.05) is 12.3 Å². The molecule has 0 aliphatic carbocycles. The average Bonchev–Trinajstić information content (AvgIpc) is 2.89. The summed E-state index contributed by atoms with van der Waals surface area (Å²) in [4.78, 5) is 11.6. The number of para-hydroxylation sites is 1. The van der Waals surface area contributed by atoms with Crippen molar-refractivity contribution in [2.24, 2.45) is 0 Å². The van der Waals surface area contributed by atoms with Crippen LogP contribution in [-0.2, 0) is 10.0 Å². The lowest BCUT2D eigenvalue weighted by atomic mass is 10.3. The summed E-state index contributed by atoms with van der Waals surface area (Å²) in [6, 6.07) is 8.16. The van der Waals surface area contributed by atoms with E-state index in [0.29, 0.717) is 5.69 Å². The molecule has 20 heavy (non-hydrogen) atoms. The van der Waals surface area contributed by atoms with E-state index in [0.717, 1.165) is 22.3 Å². The zero-order valence-electron chi connectivity index (χ0n) is 10.4. The van der Waals surface area contributed by atoms with Gasteiger partial charge < -0.3 is 5.11 Å². The first-order chi connectivity index (χ1) is 9.44. The second-order valence-corrected chi connectivity index (χ2v) is 7.43. The van der Waals surface area contributed by atoms with E-state index in [2.05, 4.69) is 4.72 Å². The number of carbonyl (C=O) groups is 1. The number of anilines is 1. The number of thiophene rings is 1. The average molecular weight is 329 g/mol. The van der Waals surface area contributed by atoms with Crippen molar-refractivity contribution in [2.75, 3.05) is 11.0 Å². The Balaban J connectivity index is 2.33. The zero-order valence-corrected chi connectivity index (χ0v) is 12.8. The monoisotopic (exact) mass is 329 g/mol. The topological polar surface area (TPSA) is 83.5 Å². The molecule has 2 aromatic rings. The van der Waals surface area contributed by atoms with Crippen molar-refractivity contribution in [1.29, 1.82) is 0 Å². The first-order valence-corrected chi connectivity index (χ1v) is 9.00. The van der Waals surface area contributed by atoms with Crippen LogP contribution in [0, 0.1) is 0 Å². The number of carboxylic acid groups (broad SMARTS) is 1. The number of benzene rings is 1. The summed E-state index contributed by atoms with van der Waals surface area (Å²) in [6.07, 6.45) is 1.85. The molecular weight excluding hydrogens is 318 g/mol. The Morgan fingerprint density at radius 1 is 1.35 bits per heavy atom. The van der Waals surface area contributed by atoms with E-state index in [1.165, 1.54) is 17.1 Å². The van der Waals surface area contributed by atoms with E-state index in [1.54, 1.807) is 18.2 Å². The molecule has 0 saturated carbocycles. The van der Waals surface area contributed by atoms with Crippen LogP contribution in [-0.4, -0.2) is 25.7 Å². The van der Waals surface area contributed by atoms with Crippen LogP contribution >= 0.6 is 23.1 Å². The van der Waals surface area contributed by atoms with E-state index in [-0.39, 0.29) is 9.77 Å². The molecule has 0 aliphatic heterocycles. The summed E-state index contributed by atoms with van der Waals surface area (Å²) in [5.41, 5.74) is 0.443. The molecule has 0 radical (unpaired) electrons. The zero-order chi connectivity index (χ0) is 14.8. The number of hydrogen-bond donors (Lipinski definition) is 2. The van der Waals surface area contributed by atoms with Crippen LogP contribution in [0.2, 0.25) is 0 Å². The van der Waals surface area contributed by atoms with Gasteiger partial charge in [0, 0.05) is 10.3 Å². The van der Waals surface area contributed by atoms with Gasteiger partial charge in [0.1, 0.15) is 4.21 Å². The molecule has 0 spiro atoms. The lowest BCUT2D eigenvalue weighted by Crippen LogP contribution is -2.12. The predicted octanol–water partition coefficient (Wildman–Crippen LogP) is 2.97. The van der Waals surface area contributed by atoms with Crippen molar-refractivity contribution in [3.63, 3.8) is 0 Å². The fourth-order valence-corrected chi connectivity index (χ4v) is 4.35. The Kier molecular flexibility index (Phi) is 4.36. The largest absolute Gasteiger partial charge is 0.478 e. The third-order valence-corrected chi connectivity index (χ3v) is 6.04. The molecule has 5 nitrogen and oxygen atoms in total. The lowest BCUT2D eigenvalue weighted by molar-refractivity contribution is 0.0697. The number of sulfonamides is 1. The number of rotatable bonds is 5. The smallest absolute Gasteiger partial charge is 0.336 e. The van der Waals surface area contributed by atoms with Crippen LogP contribution in [0.25, 0.3) is 0 Å². The first kappa shape index (κ1) is 14.9. The van der Waals surface area contributed by atoms with Gasteiger partial charge in [-0.25, -0.2) is 13.2 Å². The lowest BCUT2D eigenvalue weighted by Gasteiger charge is -2.09. The van der Waals surface area contributed by atoms with E-state index >= 15 is 0 Å². The molecule has 0 bridgehead atoms. The van der Waals surface area contributed by atoms with Crippen molar-refractivity contribution in [1.82, 2.24) is 0 Å². The second kappa shape index (κ2) is 5.86. The number of nitrogens with one attached hydrogen (secondary N) is 1. The van der Waals surface area contributed by atoms with Gasteiger partial charge in [-0.3, -0.25) is 4.72 Å². The Morgan fingerprint density at radius 3 is 2.65 bits per heavy atom. The summed E-state index contributed by atoms with van der Waals surface area (Å²) < 4.78 is 26.9. The van der Waals surface area contributed by atoms with Gasteiger partial charge in [0.2, 0.25) is 0 Å². The molecule has 1 aromatic heterocycles.